The molecule has 0 aliphatic carbocycles. The zero-order chi connectivity index (χ0) is 13.3. The van der Waals surface area contributed by atoms with Crippen molar-refractivity contribution in [2.75, 3.05) is 6.61 Å². The fourth-order valence-electron chi connectivity index (χ4n) is 2.04. The first-order chi connectivity index (χ1) is 8.56. The summed E-state index contributed by atoms with van der Waals surface area (Å²) in [6, 6.07) is 0. The first-order valence-electron chi connectivity index (χ1n) is 5.85. The molecule has 0 spiro atoms. The number of nitrogens with one attached hydrogen (secondary N) is 1. The van der Waals surface area contributed by atoms with Crippen LogP contribution in [0.25, 0.3) is 0 Å². The maximum atomic E-state index is 11.7. The lowest BCUT2D eigenvalue weighted by atomic mass is 10.2. The smallest absolute Gasteiger partial charge is 0.330 e. The average molecular weight is 256 g/mol. The number of aromatic nitrogens is 2. The largest absolute Gasteiger partial charge is 0.394 e. The lowest BCUT2D eigenvalue weighted by molar-refractivity contribution is -0.0459. The molecule has 1 fully saturated rings. The number of aromatic amines is 1. The van der Waals surface area contributed by atoms with Crippen LogP contribution in [0.2, 0.25) is 0 Å². The molecule has 2 heterocycles. The number of H-pyrrole nitrogens is 1. The molecule has 7 nitrogen and oxygen atoms in total. The first-order valence-corrected chi connectivity index (χ1v) is 5.85. The van der Waals surface area contributed by atoms with Crippen molar-refractivity contribution in [2.24, 2.45) is 0 Å². The minimum Gasteiger partial charge on any atom is -0.394 e. The minimum absolute atomic E-state index is 0.209. The predicted molar refractivity (Wildman–Crippen MR) is 62.3 cm³/mol. The highest BCUT2D eigenvalue weighted by atomic mass is 16.5. The Morgan fingerprint density at radius 1 is 1.56 bits per heavy atom. The van der Waals surface area contributed by atoms with Crippen LogP contribution >= 0.6 is 0 Å². The molecule has 7 heteroatoms. The van der Waals surface area contributed by atoms with Gasteiger partial charge in [0.2, 0.25) is 0 Å². The maximum Gasteiger partial charge on any atom is 0.330 e. The van der Waals surface area contributed by atoms with Crippen molar-refractivity contribution in [3.63, 3.8) is 0 Å². The Balaban J connectivity index is 2.35. The van der Waals surface area contributed by atoms with Gasteiger partial charge >= 0.3 is 5.69 Å². The van der Waals surface area contributed by atoms with E-state index in [2.05, 4.69) is 4.98 Å². The summed E-state index contributed by atoms with van der Waals surface area (Å²) in [6.07, 6.45) is -0.0259. The molecule has 0 amide bonds. The van der Waals surface area contributed by atoms with E-state index < -0.39 is 29.7 Å². The summed E-state index contributed by atoms with van der Waals surface area (Å²) >= 11 is 0. The summed E-state index contributed by atoms with van der Waals surface area (Å²) < 4.78 is 6.62. The van der Waals surface area contributed by atoms with Crippen LogP contribution in [-0.4, -0.2) is 38.6 Å². The first kappa shape index (κ1) is 13.0. The molecule has 1 aromatic rings. The number of ether oxygens (including phenoxy) is 1. The number of aryl methyl sites for hydroxylation is 1. The Kier molecular flexibility index (Phi) is 3.65. The molecule has 0 saturated carbocycles. The number of aliphatic hydroxyl groups excluding tert-OH is 2. The molecular weight excluding hydrogens is 240 g/mol. The number of nitrogens with zero attached hydrogens (tertiary/aromatic N) is 1. The number of rotatable bonds is 3. The van der Waals surface area contributed by atoms with Gasteiger partial charge in [-0.2, -0.15) is 0 Å². The number of aliphatic hydroxyl groups is 2. The van der Waals surface area contributed by atoms with Crippen molar-refractivity contribution in [2.45, 2.75) is 38.2 Å². The van der Waals surface area contributed by atoms with Crippen molar-refractivity contribution in [3.8, 4) is 0 Å². The lowest BCUT2D eigenvalue weighted by Crippen LogP contribution is -2.34. The van der Waals surface area contributed by atoms with Gasteiger partial charge in [0, 0.05) is 18.2 Å². The van der Waals surface area contributed by atoms with Gasteiger partial charge in [-0.15, -0.1) is 0 Å². The van der Waals surface area contributed by atoms with E-state index in [0.29, 0.717) is 12.0 Å². The van der Waals surface area contributed by atoms with Crippen molar-refractivity contribution < 1.29 is 14.9 Å². The quantitative estimate of drug-likeness (QED) is 0.626. The maximum absolute atomic E-state index is 11.7. The second-order valence-corrected chi connectivity index (χ2v) is 4.29. The van der Waals surface area contributed by atoms with Crippen molar-refractivity contribution in [3.05, 3.63) is 32.6 Å². The van der Waals surface area contributed by atoms with E-state index in [9.17, 15) is 14.7 Å². The van der Waals surface area contributed by atoms with Gasteiger partial charge < -0.3 is 14.9 Å². The second kappa shape index (κ2) is 5.05. The molecule has 0 radical (unpaired) electrons. The Hall–Kier alpha value is -1.44. The standard InChI is InChI=1S/C11H16N2O5/c1-2-6-4-13(11(17)12-10(6)16)9-3-7(15)8(5-14)18-9/h4,7-9,14-15H,2-3,5H2,1H3,(H,12,16,17)/t7-,8-,9-/m0/s1. The Bertz CT molecular complexity index is 535. The van der Waals surface area contributed by atoms with Crippen LogP contribution in [0.1, 0.15) is 25.1 Å². The molecule has 0 bridgehead atoms. The second-order valence-electron chi connectivity index (χ2n) is 4.29. The summed E-state index contributed by atoms with van der Waals surface area (Å²) in [7, 11) is 0. The monoisotopic (exact) mass is 256 g/mol. The molecule has 100 valence electrons. The molecule has 1 saturated heterocycles. The van der Waals surface area contributed by atoms with Crippen LogP contribution in [-0.2, 0) is 11.2 Å². The SMILES string of the molecule is CCc1cn([C@@H]2C[C@H](O)[C@H](CO)O2)c(=O)[nH]c1=O. The molecule has 3 atom stereocenters. The van der Waals surface area contributed by atoms with Gasteiger partial charge in [0.15, 0.2) is 0 Å². The molecular formula is C11H16N2O5. The molecule has 3 N–H and O–H groups in total. The molecule has 1 aromatic heterocycles. The average Bonchev–Trinajstić information content (AvgIpc) is 2.70. The van der Waals surface area contributed by atoms with Crippen LogP contribution in [0.5, 0.6) is 0 Å². The van der Waals surface area contributed by atoms with Gasteiger partial charge in [-0.3, -0.25) is 14.3 Å². The molecule has 18 heavy (non-hydrogen) atoms. The predicted octanol–water partition coefficient (Wildman–Crippen LogP) is -1.26. The summed E-state index contributed by atoms with van der Waals surface area (Å²) in [5.41, 5.74) is -0.510. The lowest BCUT2D eigenvalue weighted by Gasteiger charge is -2.14. The van der Waals surface area contributed by atoms with Crippen LogP contribution in [0.15, 0.2) is 15.8 Å². The normalized spacial score (nSPS) is 27.6. The van der Waals surface area contributed by atoms with Crippen molar-refractivity contribution in [1.82, 2.24) is 9.55 Å². The summed E-state index contributed by atoms with van der Waals surface area (Å²) in [4.78, 5) is 25.3. The Morgan fingerprint density at radius 3 is 2.83 bits per heavy atom. The fourth-order valence-corrected chi connectivity index (χ4v) is 2.04. The zero-order valence-electron chi connectivity index (χ0n) is 10.00. The van der Waals surface area contributed by atoms with Crippen LogP contribution in [0.3, 0.4) is 0 Å². The zero-order valence-corrected chi connectivity index (χ0v) is 10.00. The summed E-state index contributed by atoms with van der Waals surface area (Å²) in [5.74, 6) is 0. The Labute approximate surface area is 103 Å². The third kappa shape index (κ3) is 2.24. The van der Waals surface area contributed by atoms with Gasteiger partial charge in [-0.05, 0) is 6.42 Å². The van der Waals surface area contributed by atoms with Gasteiger partial charge in [-0.1, -0.05) is 6.92 Å². The van der Waals surface area contributed by atoms with E-state index in [0.717, 1.165) is 0 Å². The van der Waals surface area contributed by atoms with E-state index in [-0.39, 0.29) is 13.0 Å². The molecule has 0 unspecified atom stereocenters. The van der Waals surface area contributed by atoms with Crippen LogP contribution in [0.4, 0.5) is 0 Å². The van der Waals surface area contributed by atoms with Gasteiger partial charge in [0.05, 0.1) is 12.7 Å². The van der Waals surface area contributed by atoms with Crippen molar-refractivity contribution >= 4 is 0 Å². The Morgan fingerprint density at radius 2 is 2.28 bits per heavy atom. The molecule has 0 aromatic carbocycles. The highest BCUT2D eigenvalue weighted by Gasteiger charge is 2.35. The fraction of sp³-hybridized carbons (Fsp3) is 0.636. The topological polar surface area (TPSA) is 105 Å². The van der Waals surface area contributed by atoms with E-state index in [1.54, 1.807) is 6.92 Å². The summed E-state index contributed by atoms with van der Waals surface area (Å²) in [6.45, 7) is 1.50. The van der Waals surface area contributed by atoms with E-state index in [1.165, 1.54) is 10.8 Å². The molecule has 2 rings (SSSR count). The number of hydrogen-bond donors (Lipinski definition) is 3. The third-order valence-corrected chi connectivity index (χ3v) is 3.12. The third-order valence-electron chi connectivity index (χ3n) is 3.12. The highest BCUT2D eigenvalue weighted by Crippen LogP contribution is 2.27. The van der Waals surface area contributed by atoms with Crippen molar-refractivity contribution in [1.29, 1.82) is 0 Å². The molecule has 1 aliphatic heterocycles. The van der Waals surface area contributed by atoms with E-state index in [4.69, 9.17) is 9.84 Å². The number of hydrogen-bond acceptors (Lipinski definition) is 5. The van der Waals surface area contributed by atoms with Crippen LogP contribution in [0, 0.1) is 0 Å². The summed E-state index contributed by atoms with van der Waals surface area (Å²) in [5, 5.41) is 18.6. The van der Waals surface area contributed by atoms with E-state index in [1.807, 2.05) is 0 Å². The van der Waals surface area contributed by atoms with E-state index >= 15 is 0 Å². The van der Waals surface area contributed by atoms with Crippen LogP contribution < -0.4 is 11.2 Å². The van der Waals surface area contributed by atoms with Gasteiger partial charge in [0.25, 0.3) is 5.56 Å². The van der Waals surface area contributed by atoms with Gasteiger partial charge in [0.1, 0.15) is 12.3 Å². The minimum atomic E-state index is -0.816. The van der Waals surface area contributed by atoms with Gasteiger partial charge in [-0.25, -0.2) is 4.79 Å². The highest BCUT2D eigenvalue weighted by molar-refractivity contribution is 5.04. The molecule has 1 aliphatic rings.